The van der Waals surface area contributed by atoms with Crippen molar-refractivity contribution in [3.05, 3.63) is 53.6 Å². The van der Waals surface area contributed by atoms with Gasteiger partial charge >= 0.3 is 0 Å². The van der Waals surface area contributed by atoms with Gasteiger partial charge in [0.05, 0.1) is 0 Å². The molecular weight excluding hydrogens is 220 g/mol. The summed E-state index contributed by atoms with van der Waals surface area (Å²) in [6, 6.07) is 14.1. The van der Waals surface area contributed by atoms with Crippen LogP contribution in [-0.4, -0.2) is 5.11 Å². The monoisotopic (exact) mass is 240 g/mol. The predicted octanol–water partition coefficient (Wildman–Crippen LogP) is 4.67. The van der Waals surface area contributed by atoms with Crippen LogP contribution in [0.1, 0.15) is 31.9 Å². The van der Waals surface area contributed by atoms with E-state index in [4.69, 9.17) is 0 Å². The highest BCUT2D eigenvalue weighted by Crippen LogP contribution is 2.39. The number of phenols is 1. The van der Waals surface area contributed by atoms with Gasteiger partial charge in [0.25, 0.3) is 0 Å². The molecule has 0 heterocycles. The Morgan fingerprint density at radius 3 is 2.06 bits per heavy atom. The minimum Gasteiger partial charge on any atom is -0.507 e. The average molecular weight is 240 g/mol. The van der Waals surface area contributed by atoms with Crippen LogP contribution in [0.2, 0.25) is 0 Å². The zero-order valence-corrected chi connectivity index (χ0v) is 11.5. The van der Waals surface area contributed by atoms with Gasteiger partial charge in [-0.3, -0.25) is 0 Å². The summed E-state index contributed by atoms with van der Waals surface area (Å²) in [5.74, 6) is 0.402. The molecule has 0 bridgehead atoms. The Balaban J connectivity index is 2.64. The Labute approximate surface area is 109 Å². The maximum absolute atomic E-state index is 10.5. The fourth-order valence-electron chi connectivity index (χ4n) is 2.24. The molecule has 2 aromatic carbocycles. The molecule has 0 aliphatic carbocycles. The smallest absolute Gasteiger partial charge is 0.127 e. The number of para-hydroxylation sites is 1. The van der Waals surface area contributed by atoms with Crippen LogP contribution in [-0.2, 0) is 5.41 Å². The molecule has 0 aromatic heterocycles. The van der Waals surface area contributed by atoms with Gasteiger partial charge in [0.15, 0.2) is 0 Å². The van der Waals surface area contributed by atoms with Gasteiger partial charge in [-0.25, -0.2) is 0 Å². The molecule has 18 heavy (non-hydrogen) atoms. The van der Waals surface area contributed by atoms with Crippen LogP contribution >= 0.6 is 0 Å². The lowest BCUT2D eigenvalue weighted by Crippen LogP contribution is -2.11. The summed E-state index contributed by atoms with van der Waals surface area (Å²) in [7, 11) is 0. The lowest BCUT2D eigenvalue weighted by Gasteiger charge is -2.22. The van der Waals surface area contributed by atoms with E-state index in [9.17, 15) is 5.11 Å². The van der Waals surface area contributed by atoms with Crippen LogP contribution < -0.4 is 0 Å². The second kappa shape index (κ2) is 4.49. The van der Waals surface area contributed by atoms with E-state index in [0.29, 0.717) is 5.75 Å². The Morgan fingerprint density at radius 2 is 1.44 bits per heavy atom. The molecule has 0 atom stereocenters. The highest BCUT2D eigenvalue weighted by atomic mass is 16.3. The number of hydrogen-bond acceptors (Lipinski definition) is 1. The van der Waals surface area contributed by atoms with Gasteiger partial charge in [-0.05, 0) is 29.0 Å². The minimum atomic E-state index is -0.0528. The molecule has 1 heteroatoms. The SMILES string of the molecule is Cc1ccccc1-c1cccc(C(C)(C)C)c1O. The molecule has 0 aliphatic rings. The molecule has 0 saturated carbocycles. The molecule has 0 saturated heterocycles. The van der Waals surface area contributed by atoms with E-state index < -0.39 is 0 Å². The minimum absolute atomic E-state index is 0.0528. The van der Waals surface area contributed by atoms with Crippen LogP contribution in [0.4, 0.5) is 0 Å². The topological polar surface area (TPSA) is 20.2 Å². The molecule has 0 spiro atoms. The molecule has 94 valence electrons. The first-order valence-corrected chi connectivity index (χ1v) is 6.29. The van der Waals surface area contributed by atoms with Crippen molar-refractivity contribution in [2.45, 2.75) is 33.1 Å². The fraction of sp³-hybridized carbons (Fsp3) is 0.294. The first kappa shape index (κ1) is 12.7. The number of rotatable bonds is 1. The first-order valence-electron chi connectivity index (χ1n) is 6.29. The van der Waals surface area contributed by atoms with Gasteiger partial charge in [-0.15, -0.1) is 0 Å². The van der Waals surface area contributed by atoms with Gasteiger partial charge in [-0.1, -0.05) is 63.2 Å². The normalized spacial score (nSPS) is 11.6. The lowest BCUT2D eigenvalue weighted by atomic mass is 9.84. The molecule has 0 radical (unpaired) electrons. The van der Waals surface area contributed by atoms with E-state index in [-0.39, 0.29) is 5.41 Å². The molecule has 0 unspecified atom stereocenters. The fourth-order valence-corrected chi connectivity index (χ4v) is 2.24. The first-order chi connectivity index (χ1) is 8.41. The number of phenolic OH excluding ortho intramolecular Hbond substituents is 1. The average Bonchev–Trinajstić information content (AvgIpc) is 2.29. The van der Waals surface area contributed by atoms with Crippen molar-refractivity contribution in [3.8, 4) is 16.9 Å². The third-order valence-electron chi connectivity index (χ3n) is 3.28. The predicted molar refractivity (Wildman–Crippen MR) is 77.0 cm³/mol. The molecule has 1 nitrogen and oxygen atoms in total. The van der Waals surface area contributed by atoms with E-state index in [1.807, 2.05) is 30.3 Å². The highest BCUT2D eigenvalue weighted by molar-refractivity contribution is 5.74. The number of aromatic hydroxyl groups is 1. The Hall–Kier alpha value is -1.76. The van der Waals surface area contributed by atoms with Crippen molar-refractivity contribution >= 4 is 0 Å². The second-order valence-corrected chi connectivity index (χ2v) is 5.77. The third-order valence-corrected chi connectivity index (χ3v) is 3.28. The van der Waals surface area contributed by atoms with Crippen LogP contribution in [0.25, 0.3) is 11.1 Å². The summed E-state index contributed by atoms with van der Waals surface area (Å²) in [4.78, 5) is 0. The van der Waals surface area contributed by atoms with E-state index in [1.165, 1.54) is 5.56 Å². The van der Waals surface area contributed by atoms with E-state index in [1.54, 1.807) is 0 Å². The van der Waals surface area contributed by atoms with Crippen LogP contribution in [0.3, 0.4) is 0 Å². The lowest BCUT2D eigenvalue weighted by molar-refractivity contribution is 0.448. The van der Waals surface area contributed by atoms with Crippen LogP contribution in [0.5, 0.6) is 5.75 Å². The van der Waals surface area contributed by atoms with Gasteiger partial charge in [0, 0.05) is 5.56 Å². The van der Waals surface area contributed by atoms with Crippen LogP contribution in [0.15, 0.2) is 42.5 Å². The Kier molecular flexibility index (Phi) is 3.16. The maximum atomic E-state index is 10.5. The molecular formula is C17H20O. The zero-order valence-electron chi connectivity index (χ0n) is 11.5. The number of benzene rings is 2. The highest BCUT2D eigenvalue weighted by Gasteiger charge is 2.20. The van der Waals surface area contributed by atoms with Gasteiger partial charge < -0.3 is 5.11 Å². The summed E-state index contributed by atoms with van der Waals surface area (Å²) < 4.78 is 0. The number of hydrogen-bond donors (Lipinski definition) is 1. The van der Waals surface area contributed by atoms with Gasteiger partial charge in [0.2, 0.25) is 0 Å². The quantitative estimate of drug-likeness (QED) is 0.768. The van der Waals surface area contributed by atoms with Crippen molar-refractivity contribution in [3.63, 3.8) is 0 Å². The van der Waals surface area contributed by atoms with E-state index in [2.05, 4.69) is 39.8 Å². The summed E-state index contributed by atoms with van der Waals surface area (Å²) >= 11 is 0. The van der Waals surface area contributed by atoms with Gasteiger partial charge in [-0.2, -0.15) is 0 Å². The largest absolute Gasteiger partial charge is 0.507 e. The molecule has 0 amide bonds. The van der Waals surface area contributed by atoms with Crippen molar-refractivity contribution in [1.82, 2.24) is 0 Å². The van der Waals surface area contributed by atoms with E-state index >= 15 is 0 Å². The van der Waals surface area contributed by atoms with Crippen molar-refractivity contribution in [2.24, 2.45) is 0 Å². The van der Waals surface area contributed by atoms with E-state index in [0.717, 1.165) is 16.7 Å². The third kappa shape index (κ3) is 2.26. The Morgan fingerprint density at radius 1 is 0.833 bits per heavy atom. The molecule has 0 aliphatic heterocycles. The van der Waals surface area contributed by atoms with Crippen molar-refractivity contribution < 1.29 is 5.11 Å². The summed E-state index contributed by atoms with van der Waals surface area (Å²) in [6.07, 6.45) is 0. The van der Waals surface area contributed by atoms with Gasteiger partial charge in [0.1, 0.15) is 5.75 Å². The maximum Gasteiger partial charge on any atom is 0.127 e. The summed E-state index contributed by atoms with van der Waals surface area (Å²) in [6.45, 7) is 8.41. The standard InChI is InChI=1S/C17H20O/c1-12-8-5-6-9-13(12)14-10-7-11-15(16(14)18)17(2,3)4/h5-11,18H,1-4H3. The zero-order chi connectivity index (χ0) is 13.3. The summed E-state index contributed by atoms with van der Waals surface area (Å²) in [5.41, 5.74) is 4.13. The van der Waals surface area contributed by atoms with Crippen molar-refractivity contribution in [2.75, 3.05) is 0 Å². The van der Waals surface area contributed by atoms with Crippen LogP contribution in [0, 0.1) is 6.92 Å². The number of aryl methyl sites for hydroxylation is 1. The Bertz CT molecular complexity index is 562. The molecule has 1 N–H and O–H groups in total. The molecule has 0 fully saturated rings. The van der Waals surface area contributed by atoms with Crippen molar-refractivity contribution in [1.29, 1.82) is 0 Å². The summed E-state index contributed by atoms with van der Waals surface area (Å²) in [5, 5.41) is 10.5. The molecule has 2 rings (SSSR count). The second-order valence-electron chi connectivity index (χ2n) is 5.77. The molecule has 2 aromatic rings.